The fourth-order valence-corrected chi connectivity index (χ4v) is 4.70. The molecule has 0 aromatic heterocycles. The summed E-state index contributed by atoms with van der Waals surface area (Å²) in [6.45, 7) is 13.1. The summed E-state index contributed by atoms with van der Waals surface area (Å²) in [6.07, 6.45) is -0.149. The van der Waals surface area contributed by atoms with Crippen molar-refractivity contribution in [1.29, 1.82) is 0 Å². The molecule has 1 heterocycles. The first-order valence-corrected chi connectivity index (χ1v) is 11.6. The monoisotopic (exact) mass is 789 g/mol. The van der Waals surface area contributed by atoms with Crippen LogP contribution < -0.4 is 10.6 Å². The van der Waals surface area contributed by atoms with Crippen LogP contribution in [0.5, 0.6) is 0 Å². The standard InChI is InChI=1S/C19H37NO7P.2W/c1-11(2)23-9-15-16(7-13(5)19(15)20)27-28(21,22)24-10-18-17(25-12(3)4)8-14(6)26-18;;/h10-19H,7-9,20H2,1-6H3,(H,21,22);;/q-1;;/p-1/t13-,14-,15+,16+,17?,18+,19?;;/m0../s1. The maximum atomic E-state index is 12.4. The maximum Gasteiger partial charge on any atom is 0.237 e. The van der Waals surface area contributed by atoms with Gasteiger partial charge in [-0.15, -0.1) is 0 Å². The van der Waals surface area contributed by atoms with Crippen LogP contribution in [0.3, 0.4) is 0 Å². The van der Waals surface area contributed by atoms with Crippen molar-refractivity contribution in [2.45, 2.75) is 97.0 Å². The molecule has 0 amide bonds. The number of nitrogens with two attached hydrogens (primary N) is 1. The molecule has 0 aromatic rings. The number of ether oxygens (including phenoxy) is 3. The third kappa shape index (κ3) is 9.67. The van der Waals surface area contributed by atoms with Crippen LogP contribution in [0.4, 0.5) is 0 Å². The van der Waals surface area contributed by atoms with Gasteiger partial charge >= 0.3 is 0 Å². The van der Waals surface area contributed by atoms with Crippen molar-refractivity contribution < 1.29 is 74.8 Å². The zero-order valence-electron chi connectivity index (χ0n) is 18.6. The molecule has 3 unspecified atom stereocenters. The minimum Gasteiger partial charge on any atom is -0.758 e. The molecule has 8 atom stereocenters. The summed E-state index contributed by atoms with van der Waals surface area (Å²) >= 11 is 0. The summed E-state index contributed by atoms with van der Waals surface area (Å²) < 4.78 is 40.0. The number of hydrogen-bond acceptors (Lipinski definition) is 8. The van der Waals surface area contributed by atoms with Crippen LogP contribution in [-0.2, 0) is 70.0 Å². The Morgan fingerprint density at radius 3 is 2.33 bits per heavy atom. The van der Waals surface area contributed by atoms with Crippen molar-refractivity contribution in [1.82, 2.24) is 0 Å². The second-order valence-electron chi connectivity index (χ2n) is 8.54. The predicted octanol–water partition coefficient (Wildman–Crippen LogP) is 2.39. The van der Waals surface area contributed by atoms with E-state index in [-0.39, 0.29) is 84.4 Å². The van der Waals surface area contributed by atoms with Crippen LogP contribution in [0.15, 0.2) is 0 Å². The van der Waals surface area contributed by atoms with Gasteiger partial charge in [0.05, 0.1) is 37.1 Å². The molecular formula is C19H36NO7PW2-2. The van der Waals surface area contributed by atoms with Gasteiger partial charge in [0.2, 0.25) is 7.82 Å². The van der Waals surface area contributed by atoms with Gasteiger partial charge in [0.15, 0.2) is 0 Å². The maximum absolute atomic E-state index is 12.4. The molecule has 0 bridgehead atoms. The Morgan fingerprint density at radius 2 is 1.77 bits per heavy atom. The van der Waals surface area contributed by atoms with Gasteiger partial charge in [0, 0.05) is 54.1 Å². The fraction of sp³-hybridized carbons (Fsp3) is 0.947. The van der Waals surface area contributed by atoms with E-state index < -0.39 is 20.0 Å². The zero-order valence-corrected chi connectivity index (χ0v) is 25.4. The van der Waals surface area contributed by atoms with E-state index in [1.54, 1.807) is 0 Å². The predicted molar refractivity (Wildman–Crippen MR) is 103 cm³/mol. The molecule has 1 aliphatic carbocycles. The van der Waals surface area contributed by atoms with Gasteiger partial charge in [-0.25, -0.2) is 0 Å². The Morgan fingerprint density at radius 1 is 1.13 bits per heavy atom. The molecule has 0 radical (unpaired) electrons. The van der Waals surface area contributed by atoms with Crippen molar-refractivity contribution in [2.75, 3.05) is 6.61 Å². The topological polar surface area (TPSA) is 112 Å². The first kappa shape index (κ1) is 31.3. The van der Waals surface area contributed by atoms with Crippen molar-refractivity contribution >= 4 is 7.82 Å². The number of hydrogen-bond donors (Lipinski definition) is 1. The van der Waals surface area contributed by atoms with E-state index >= 15 is 0 Å². The van der Waals surface area contributed by atoms with Crippen LogP contribution in [0, 0.1) is 18.4 Å². The van der Waals surface area contributed by atoms with Gasteiger partial charge in [0.25, 0.3) is 0 Å². The Balaban J connectivity index is 0.00000420. The van der Waals surface area contributed by atoms with Gasteiger partial charge in [-0.3, -0.25) is 4.57 Å². The van der Waals surface area contributed by atoms with Crippen LogP contribution in [0.25, 0.3) is 0 Å². The number of phosphoric acid groups is 1. The Kier molecular flexibility index (Phi) is 14.5. The molecule has 11 heteroatoms. The fourth-order valence-electron chi connectivity index (χ4n) is 3.81. The van der Waals surface area contributed by atoms with E-state index in [9.17, 15) is 9.46 Å². The van der Waals surface area contributed by atoms with Crippen molar-refractivity contribution in [3.8, 4) is 0 Å². The van der Waals surface area contributed by atoms with E-state index in [1.165, 1.54) is 6.61 Å². The van der Waals surface area contributed by atoms with Crippen molar-refractivity contribution in [3.05, 3.63) is 6.61 Å². The second kappa shape index (κ2) is 13.9. The Hall–Kier alpha value is 1.33. The van der Waals surface area contributed by atoms with Crippen LogP contribution in [0.2, 0.25) is 0 Å². The molecule has 2 fully saturated rings. The number of rotatable bonds is 10. The summed E-state index contributed by atoms with van der Waals surface area (Å²) in [4.78, 5) is 12.4. The summed E-state index contributed by atoms with van der Waals surface area (Å²) in [6, 6.07) is -0.185. The molecule has 178 valence electrons. The minimum absolute atomic E-state index is 0. The summed E-state index contributed by atoms with van der Waals surface area (Å²) in [5.74, 6) is -0.0689. The van der Waals surface area contributed by atoms with Crippen molar-refractivity contribution in [2.24, 2.45) is 17.6 Å². The SMILES string of the molecule is CC(C)OC[C@H]1C(N)[C@@H](C)C[C@H]1OP(=O)([O-])O[CH-][C@H]1O[C@@H](C)CC1OC(C)C.[W].[W]. The summed E-state index contributed by atoms with van der Waals surface area (Å²) in [7, 11) is -4.56. The average Bonchev–Trinajstić information content (AvgIpc) is 3.02. The van der Waals surface area contributed by atoms with Gasteiger partial charge in [0.1, 0.15) is 0 Å². The third-order valence-corrected chi connectivity index (χ3v) is 6.12. The molecule has 1 saturated heterocycles. The van der Waals surface area contributed by atoms with Gasteiger partial charge in [-0.1, -0.05) is 6.92 Å². The molecule has 30 heavy (non-hydrogen) atoms. The molecule has 2 N–H and O–H groups in total. The largest absolute Gasteiger partial charge is 0.758 e. The Bertz CT molecular complexity index is 543. The zero-order chi connectivity index (χ0) is 21.1. The first-order chi connectivity index (χ1) is 13.0. The third-order valence-electron chi connectivity index (χ3n) is 5.21. The quantitative estimate of drug-likeness (QED) is 0.266. The van der Waals surface area contributed by atoms with Crippen molar-refractivity contribution in [3.63, 3.8) is 0 Å². The molecule has 1 aliphatic heterocycles. The van der Waals surface area contributed by atoms with E-state index in [4.69, 9.17) is 29.0 Å². The average molecular weight is 789 g/mol. The molecule has 0 aromatic carbocycles. The summed E-state index contributed by atoms with van der Waals surface area (Å²) in [5, 5.41) is 0. The van der Waals surface area contributed by atoms with E-state index in [2.05, 4.69) is 0 Å². The first-order valence-electron chi connectivity index (χ1n) is 10.2. The van der Waals surface area contributed by atoms with Crippen LogP contribution in [-0.4, -0.2) is 49.3 Å². The van der Waals surface area contributed by atoms with E-state index in [0.717, 1.165) is 0 Å². The molecule has 8 nitrogen and oxygen atoms in total. The van der Waals surface area contributed by atoms with Gasteiger partial charge in [-0.05, 0) is 59.5 Å². The number of phosphoric ester groups is 1. The normalized spacial score (nSPS) is 35.9. The molecule has 2 aliphatic rings. The summed E-state index contributed by atoms with van der Waals surface area (Å²) in [5.41, 5.74) is 6.23. The van der Waals surface area contributed by atoms with E-state index in [1.807, 2.05) is 41.5 Å². The van der Waals surface area contributed by atoms with Gasteiger partial charge < -0.3 is 33.9 Å². The molecular weight excluding hydrogens is 753 g/mol. The smallest absolute Gasteiger partial charge is 0.237 e. The Labute approximate surface area is 209 Å². The van der Waals surface area contributed by atoms with Crippen LogP contribution in [0.1, 0.15) is 54.4 Å². The van der Waals surface area contributed by atoms with Gasteiger partial charge in [-0.2, -0.15) is 6.61 Å². The second-order valence-corrected chi connectivity index (χ2v) is 9.86. The molecule has 0 spiro atoms. The molecule has 2 rings (SSSR count). The van der Waals surface area contributed by atoms with Crippen LogP contribution >= 0.6 is 7.82 Å². The van der Waals surface area contributed by atoms with E-state index in [0.29, 0.717) is 19.4 Å². The minimum atomic E-state index is -4.56. The molecule has 1 saturated carbocycles.